The monoisotopic (exact) mass is 490 g/mol. The summed E-state index contributed by atoms with van der Waals surface area (Å²) in [6.07, 6.45) is 1.05. The molecule has 0 bridgehead atoms. The summed E-state index contributed by atoms with van der Waals surface area (Å²) in [5.74, 6) is 0.941. The van der Waals surface area contributed by atoms with Crippen LogP contribution in [-0.4, -0.2) is 72.2 Å². The average molecular weight is 492 g/mol. The summed E-state index contributed by atoms with van der Waals surface area (Å²) in [6, 6.07) is 30.2. The topological polar surface area (TPSA) is 15.7 Å². The van der Waals surface area contributed by atoms with Crippen LogP contribution in [-0.2, 0) is 0 Å². The molecule has 3 aromatic rings. The number of benzene rings is 3. The molecule has 3 nitrogen and oxygen atoms in total. The number of rotatable bonds is 8. The predicted molar refractivity (Wildman–Crippen MR) is 135 cm³/mol. The molecule has 0 aliphatic carbocycles. The Morgan fingerprint density at radius 1 is 0.774 bits per heavy atom. The minimum Gasteiger partial charge on any atom is -1.00 e. The molecule has 0 atom stereocenters. The molecule has 0 aromatic heterocycles. The molecule has 1 aliphatic rings. The Labute approximate surface area is 213 Å². The molecule has 1 saturated heterocycles. The molecule has 0 radical (unpaired) electrons. The molecule has 1 fully saturated rings. The molecule has 0 amide bonds. The van der Waals surface area contributed by atoms with Gasteiger partial charge >= 0.3 is 23.1 Å². The molecule has 0 spiro atoms. The van der Waals surface area contributed by atoms with Crippen molar-refractivity contribution in [3.05, 3.63) is 101 Å². The minimum absolute atomic E-state index is 0. The van der Waals surface area contributed by atoms with Gasteiger partial charge in [0.05, 0.1) is 12.6 Å². The largest absolute Gasteiger partial charge is 2.00 e. The van der Waals surface area contributed by atoms with Crippen molar-refractivity contribution in [3.63, 3.8) is 0 Å². The zero-order valence-corrected chi connectivity index (χ0v) is 21.0. The Morgan fingerprint density at radius 2 is 1.32 bits per heavy atom. The van der Waals surface area contributed by atoms with Gasteiger partial charge in [0.15, 0.2) is 0 Å². The summed E-state index contributed by atoms with van der Waals surface area (Å²) < 4.78 is 6.95. The average Bonchev–Trinajstić information content (AvgIpc) is 2.80. The molecule has 4 rings (SSSR count). The Hall–Kier alpha value is -1.37. The first-order valence-corrected chi connectivity index (χ1v) is 11.5. The number of halogens is 1. The molecule has 1 aliphatic heterocycles. The van der Waals surface area contributed by atoms with Crippen molar-refractivity contribution in [2.75, 3.05) is 39.3 Å². The predicted octanol–water partition coefficient (Wildman–Crippen LogP) is 5.47. The minimum atomic E-state index is 0. The van der Waals surface area contributed by atoms with Crippen molar-refractivity contribution >= 4 is 39.0 Å². The quantitative estimate of drug-likeness (QED) is 0.307. The van der Waals surface area contributed by atoms with E-state index in [1.165, 1.54) is 11.1 Å². The van der Waals surface area contributed by atoms with Crippen LogP contribution in [0.4, 0.5) is 0 Å². The van der Waals surface area contributed by atoms with Crippen molar-refractivity contribution < 1.29 is 7.59 Å². The van der Waals surface area contributed by atoms with Crippen molar-refractivity contribution in [2.45, 2.75) is 12.5 Å². The number of nitrogens with zero attached hydrogens (tertiary/aromatic N) is 2. The van der Waals surface area contributed by atoms with Crippen LogP contribution in [0.1, 0.15) is 26.4 Å². The van der Waals surface area contributed by atoms with Gasteiger partial charge in [0, 0.05) is 37.2 Å². The molecule has 0 N–H and O–H groups in total. The summed E-state index contributed by atoms with van der Waals surface area (Å²) in [5, 5.41) is 0. The Morgan fingerprint density at radius 3 is 1.87 bits per heavy atom. The zero-order valence-electron chi connectivity index (χ0n) is 20.0. The van der Waals surface area contributed by atoms with E-state index < -0.39 is 0 Å². The van der Waals surface area contributed by atoms with Crippen LogP contribution in [0.3, 0.4) is 0 Å². The third-order valence-electron chi connectivity index (χ3n) is 5.70. The van der Waals surface area contributed by atoms with Crippen molar-refractivity contribution in [3.8, 4) is 5.75 Å². The van der Waals surface area contributed by atoms with Crippen molar-refractivity contribution in [1.82, 2.24) is 9.80 Å². The fourth-order valence-electron chi connectivity index (χ4n) is 4.14. The van der Waals surface area contributed by atoms with Crippen LogP contribution in [0.15, 0.2) is 89.4 Å². The number of hydrogen-bond donors (Lipinski definition) is 0. The van der Waals surface area contributed by atoms with E-state index >= 15 is 0 Å². The van der Waals surface area contributed by atoms with E-state index in [9.17, 15) is 0 Å². The molecule has 0 saturated carbocycles. The summed E-state index contributed by atoms with van der Waals surface area (Å²) in [5.41, 5.74) is 2.75. The van der Waals surface area contributed by atoms with Crippen LogP contribution in [0.2, 0.25) is 0 Å². The second kappa shape index (κ2) is 12.6. The maximum absolute atomic E-state index is 5.87. The first-order valence-electron chi connectivity index (χ1n) is 10.7. The van der Waals surface area contributed by atoms with Gasteiger partial charge in [-0.15, -0.1) is 0 Å². The van der Waals surface area contributed by atoms with Crippen LogP contribution >= 0.6 is 15.9 Å². The molecule has 5 heteroatoms. The second-order valence-electron chi connectivity index (χ2n) is 7.76. The maximum Gasteiger partial charge on any atom is 2.00 e. The number of ether oxygens (including phenoxy) is 1. The van der Waals surface area contributed by atoms with Gasteiger partial charge in [0.2, 0.25) is 0 Å². The number of hydrogen-bond acceptors (Lipinski definition) is 3. The molecule has 31 heavy (non-hydrogen) atoms. The molecular weight excluding hydrogens is 461 g/mol. The fraction of sp³-hybridized carbons (Fsp3) is 0.308. The Kier molecular flexibility index (Phi) is 9.87. The summed E-state index contributed by atoms with van der Waals surface area (Å²) >= 11 is 3.46. The summed E-state index contributed by atoms with van der Waals surface area (Å²) in [6.45, 7) is 6.23. The van der Waals surface area contributed by atoms with Crippen LogP contribution in [0, 0.1) is 0 Å². The summed E-state index contributed by atoms with van der Waals surface area (Å²) in [4.78, 5) is 5.19. The molecule has 3 aromatic carbocycles. The van der Waals surface area contributed by atoms with Gasteiger partial charge in [0.25, 0.3) is 0 Å². The van der Waals surface area contributed by atoms with Gasteiger partial charge in [0.1, 0.15) is 5.75 Å². The van der Waals surface area contributed by atoms with E-state index in [0.717, 1.165) is 56.0 Å². The van der Waals surface area contributed by atoms with Gasteiger partial charge in [-0.2, -0.15) is 0 Å². The molecular formula is C26H31BrMgN2O. The van der Waals surface area contributed by atoms with Gasteiger partial charge < -0.3 is 12.5 Å². The second-order valence-corrected chi connectivity index (χ2v) is 8.67. The molecule has 160 valence electrons. The first kappa shape index (κ1) is 24.3. The Balaban J connectivity index is 0.00000181. The van der Waals surface area contributed by atoms with E-state index in [2.05, 4.69) is 86.4 Å². The van der Waals surface area contributed by atoms with E-state index in [4.69, 9.17) is 4.74 Å². The third-order valence-corrected chi connectivity index (χ3v) is 6.23. The van der Waals surface area contributed by atoms with Crippen LogP contribution < -0.4 is 4.74 Å². The molecule has 0 unspecified atom stereocenters. The maximum atomic E-state index is 5.87. The SMILES string of the molecule is Brc1ccc(OCCCN2CCN(C(c3ccccc3)c3ccccc3)CC2)cc1.[H-].[H-].[Mg+2]. The number of piperazine rings is 1. The molecule has 1 heterocycles. The standard InChI is InChI=1S/C26H29BrN2O.Mg.2H/c27-24-12-14-25(15-13-24)30-21-7-16-28-17-19-29(20-18-28)26(22-8-3-1-4-9-22)23-10-5-2-6-11-23;;;/h1-6,8-15,26H,7,16-21H2;;;/q;+2;2*-1. The third kappa shape index (κ3) is 7.06. The summed E-state index contributed by atoms with van der Waals surface area (Å²) in [7, 11) is 0. The van der Waals surface area contributed by atoms with Crippen molar-refractivity contribution in [2.24, 2.45) is 0 Å². The normalized spacial score (nSPS) is 14.9. The smallest absolute Gasteiger partial charge is 1.00 e. The first-order chi connectivity index (χ1) is 14.8. The van der Waals surface area contributed by atoms with E-state index in [0.29, 0.717) is 6.04 Å². The van der Waals surface area contributed by atoms with Gasteiger partial charge in [-0.3, -0.25) is 4.90 Å². The van der Waals surface area contributed by atoms with Gasteiger partial charge in [-0.1, -0.05) is 76.6 Å². The van der Waals surface area contributed by atoms with E-state index in [-0.39, 0.29) is 25.9 Å². The van der Waals surface area contributed by atoms with E-state index in [1.807, 2.05) is 24.3 Å². The Bertz CT molecular complexity index is 856. The van der Waals surface area contributed by atoms with Gasteiger partial charge in [-0.25, -0.2) is 0 Å². The van der Waals surface area contributed by atoms with E-state index in [1.54, 1.807) is 0 Å². The zero-order chi connectivity index (χ0) is 20.6. The van der Waals surface area contributed by atoms with Gasteiger partial charge in [-0.05, 0) is 41.8 Å². The van der Waals surface area contributed by atoms with Crippen molar-refractivity contribution in [1.29, 1.82) is 0 Å². The van der Waals surface area contributed by atoms with Crippen LogP contribution in [0.5, 0.6) is 5.75 Å². The van der Waals surface area contributed by atoms with Crippen LogP contribution in [0.25, 0.3) is 0 Å². The fourth-order valence-corrected chi connectivity index (χ4v) is 4.40.